The topological polar surface area (TPSA) is 38.8 Å². The predicted molar refractivity (Wildman–Crippen MR) is 102 cm³/mol. The monoisotopic (exact) mass is 353 g/mol. The first-order valence-corrected chi connectivity index (χ1v) is 9.30. The van der Waals surface area contributed by atoms with Gasteiger partial charge in [0.25, 0.3) is 5.91 Å². The van der Waals surface area contributed by atoms with Crippen molar-refractivity contribution in [3.63, 3.8) is 0 Å². The van der Waals surface area contributed by atoms with E-state index < -0.39 is 0 Å². The predicted octanol–water partition coefficient (Wildman–Crippen LogP) is 3.83. The zero-order valence-corrected chi connectivity index (χ0v) is 15.4. The van der Waals surface area contributed by atoms with Gasteiger partial charge in [-0.2, -0.15) is 0 Å². The summed E-state index contributed by atoms with van der Waals surface area (Å²) in [6.07, 6.45) is 2.13. The molecule has 1 saturated heterocycles. The number of carbonyl (C=O) groups is 1. The van der Waals surface area contributed by atoms with Crippen molar-refractivity contribution < 1.29 is 14.3 Å². The van der Waals surface area contributed by atoms with Crippen LogP contribution >= 0.6 is 0 Å². The molecule has 1 atom stereocenters. The quantitative estimate of drug-likeness (QED) is 0.759. The summed E-state index contributed by atoms with van der Waals surface area (Å²) in [5.41, 5.74) is 2.23. The van der Waals surface area contributed by atoms with E-state index in [-0.39, 0.29) is 12.5 Å². The Morgan fingerprint density at radius 2 is 1.88 bits per heavy atom. The van der Waals surface area contributed by atoms with E-state index in [4.69, 9.17) is 9.47 Å². The molecule has 2 aromatic carbocycles. The number of aryl methyl sites for hydroxylation is 1. The molecule has 0 radical (unpaired) electrons. The van der Waals surface area contributed by atoms with Gasteiger partial charge in [-0.25, -0.2) is 0 Å². The third-order valence-corrected chi connectivity index (χ3v) is 4.78. The summed E-state index contributed by atoms with van der Waals surface area (Å²) in [5.74, 6) is 1.23. The standard InChI is InChI=1S/C22H27NO3/c1-18-8-5-6-12-21(18)26-17-22(24)23-13-7-11-20(14-23)16-25-15-19-9-3-2-4-10-19/h2-6,8-10,12,20H,7,11,13-17H2,1H3. The highest BCUT2D eigenvalue weighted by Crippen LogP contribution is 2.19. The molecule has 3 rings (SSSR count). The zero-order valence-electron chi connectivity index (χ0n) is 15.4. The fourth-order valence-electron chi connectivity index (χ4n) is 3.29. The Morgan fingerprint density at radius 3 is 2.69 bits per heavy atom. The van der Waals surface area contributed by atoms with Crippen LogP contribution in [0.3, 0.4) is 0 Å². The van der Waals surface area contributed by atoms with Gasteiger partial charge in [0.05, 0.1) is 13.2 Å². The highest BCUT2D eigenvalue weighted by atomic mass is 16.5. The van der Waals surface area contributed by atoms with Gasteiger partial charge >= 0.3 is 0 Å². The second kappa shape index (κ2) is 9.39. The van der Waals surface area contributed by atoms with E-state index in [1.807, 2.05) is 54.3 Å². The van der Waals surface area contributed by atoms with E-state index in [9.17, 15) is 4.79 Å². The lowest BCUT2D eigenvalue weighted by Gasteiger charge is -2.32. The minimum absolute atomic E-state index is 0.0565. The van der Waals surface area contributed by atoms with Crippen LogP contribution in [0.5, 0.6) is 5.75 Å². The lowest BCUT2D eigenvalue weighted by atomic mass is 9.99. The summed E-state index contributed by atoms with van der Waals surface area (Å²) in [4.78, 5) is 14.4. The van der Waals surface area contributed by atoms with Crippen LogP contribution in [-0.2, 0) is 16.1 Å². The first-order chi connectivity index (χ1) is 12.7. The molecule has 0 saturated carbocycles. The van der Waals surface area contributed by atoms with Gasteiger partial charge in [-0.1, -0.05) is 48.5 Å². The minimum Gasteiger partial charge on any atom is -0.484 e. The van der Waals surface area contributed by atoms with Gasteiger partial charge in [-0.05, 0) is 42.9 Å². The number of nitrogens with zero attached hydrogens (tertiary/aromatic N) is 1. The molecular weight excluding hydrogens is 326 g/mol. The van der Waals surface area contributed by atoms with Crippen molar-refractivity contribution in [1.82, 2.24) is 4.90 Å². The fourth-order valence-corrected chi connectivity index (χ4v) is 3.29. The van der Waals surface area contributed by atoms with Crippen LogP contribution in [0.4, 0.5) is 0 Å². The summed E-state index contributed by atoms with van der Waals surface area (Å²) in [7, 11) is 0. The Kier molecular flexibility index (Phi) is 6.67. The lowest BCUT2D eigenvalue weighted by Crippen LogP contribution is -2.43. The smallest absolute Gasteiger partial charge is 0.260 e. The first kappa shape index (κ1) is 18.5. The molecule has 0 N–H and O–H groups in total. The Labute approximate surface area is 155 Å². The third-order valence-electron chi connectivity index (χ3n) is 4.78. The van der Waals surface area contributed by atoms with E-state index in [2.05, 4.69) is 12.1 Å². The second-order valence-electron chi connectivity index (χ2n) is 6.90. The highest BCUT2D eigenvalue weighted by Gasteiger charge is 2.24. The van der Waals surface area contributed by atoms with Crippen molar-refractivity contribution in [3.8, 4) is 5.75 Å². The number of amides is 1. The molecule has 0 aliphatic carbocycles. The average molecular weight is 353 g/mol. The molecule has 26 heavy (non-hydrogen) atoms. The van der Waals surface area contributed by atoms with Crippen molar-refractivity contribution in [1.29, 1.82) is 0 Å². The van der Waals surface area contributed by atoms with Gasteiger partial charge in [0.15, 0.2) is 6.61 Å². The molecule has 1 unspecified atom stereocenters. The summed E-state index contributed by atoms with van der Waals surface area (Å²) in [6.45, 7) is 4.97. The third kappa shape index (κ3) is 5.33. The Morgan fingerprint density at radius 1 is 1.12 bits per heavy atom. The average Bonchev–Trinajstić information content (AvgIpc) is 2.68. The molecule has 0 aromatic heterocycles. The molecule has 0 bridgehead atoms. The number of piperidine rings is 1. The number of hydrogen-bond donors (Lipinski definition) is 0. The molecule has 1 aliphatic heterocycles. The molecule has 1 heterocycles. The van der Waals surface area contributed by atoms with E-state index in [1.54, 1.807) is 0 Å². The van der Waals surface area contributed by atoms with Crippen LogP contribution in [0.1, 0.15) is 24.0 Å². The normalized spacial score (nSPS) is 17.1. The molecule has 4 heteroatoms. The van der Waals surface area contributed by atoms with Crippen molar-refractivity contribution >= 4 is 5.91 Å². The van der Waals surface area contributed by atoms with Gasteiger partial charge in [0.2, 0.25) is 0 Å². The molecule has 4 nitrogen and oxygen atoms in total. The summed E-state index contributed by atoms with van der Waals surface area (Å²) >= 11 is 0. The summed E-state index contributed by atoms with van der Waals surface area (Å²) < 4.78 is 11.6. The van der Waals surface area contributed by atoms with Gasteiger partial charge in [-0.3, -0.25) is 4.79 Å². The summed E-state index contributed by atoms with van der Waals surface area (Å²) in [5, 5.41) is 0. The molecule has 0 spiro atoms. The van der Waals surface area contributed by atoms with Crippen LogP contribution in [-0.4, -0.2) is 37.1 Å². The molecule has 138 valence electrons. The Hall–Kier alpha value is -2.33. The van der Waals surface area contributed by atoms with Crippen molar-refractivity contribution in [2.75, 3.05) is 26.3 Å². The maximum absolute atomic E-state index is 12.5. The number of hydrogen-bond acceptors (Lipinski definition) is 3. The maximum Gasteiger partial charge on any atom is 0.260 e. The Bertz CT molecular complexity index is 702. The highest BCUT2D eigenvalue weighted by molar-refractivity contribution is 5.77. The molecular formula is C22H27NO3. The maximum atomic E-state index is 12.5. The number of rotatable bonds is 7. The van der Waals surface area contributed by atoms with Crippen LogP contribution in [0.15, 0.2) is 54.6 Å². The van der Waals surface area contributed by atoms with Crippen LogP contribution < -0.4 is 4.74 Å². The largest absolute Gasteiger partial charge is 0.484 e. The van der Waals surface area contributed by atoms with E-state index in [0.29, 0.717) is 19.1 Å². The Balaban J connectivity index is 1.42. The fraction of sp³-hybridized carbons (Fsp3) is 0.409. The molecule has 1 amide bonds. The number of para-hydroxylation sites is 1. The molecule has 1 aliphatic rings. The van der Waals surface area contributed by atoms with E-state index in [1.165, 1.54) is 5.56 Å². The van der Waals surface area contributed by atoms with Gasteiger partial charge in [0, 0.05) is 13.1 Å². The summed E-state index contributed by atoms with van der Waals surface area (Å²) in [6, 6.07) is 18.0. The van der Waals surface area contributed by atoms with Crippen LogP contribution in [0.2, 0.25) is 0 Å². The number of likely N-dealkylation sites (tertiary alicyclic amines) is 1. The van der Waals surface area contributed by atoms with E-state index in [0.717, 1.165) is 37.2 Å². The van der Waals surface area contributed by atoms with Crippen molar-refractivity contribution in [2.45, 2.75) is 26.4 Å². The van der Waals surface area contributed by atoms with Gasteiger partial charge < -0.3 is 14.4 Å². The number of benzene rings is 2. The van der Waals surface area contributed by atoms with Crippen molar-refractivity contribution in [2.24, 2.45) is 5.92 Å². The van der Waals surface area contributed by atoms with Gasteiger partial charge in [0.1, 0.15) is 5.75 Å². The van der Waals surface area contributed by atoms with Crippen LogP contribution in [0.25, 0.3) is 0 Å². The van der Waals surface area contributed by atoms with Crippen LogP contribution in [0, 0.1) is 12.8 Å². The SMILES string of the molecule is Cc1ccccc1OCC(=O)N1CCCC(COCc2ccccc2)C1. The second-order valence-corrected chi connectivity index (χ2v) is 6.90. The number of carbonyl (C=O) groups excluding carboxylic acids is 1. The first-order valence-electron chi connectivity index (χ1n) is 9.30. The number of ether oxygens (including phenoxy) is 2. The zero-order chi connectivity index (χ0) is 18.2. The van der Waals surface area contributed by atoms with Crippen molar-refractivity contribution in [3.05, 3.63) is 65.7 Å². The minimum atomic E-state index is 0.0565. The lowest BCUT2D eigenvalue weighted by molar-refractivity contribution is -0.135. The van der Waals surface area contributed by atoms with Gasteiger partial charge in [-0.15, -0.1) is 0 Å². The molecule has 2 aromatic rings. The van der Waals surface area contributed by atoms with E-state index >= 15 is 0 Å². The molecule has 1 fully saturated rings.